The normalized spacial score (nSPS) is 15.5. The van der Waals surface area contributed by atoms with E-state index in [0.717, 1.165) is 31.4 Å². The molecule has 0 spiro atoms. The number of nitrogens with zero attached hydrogens (tertiary/aromatic N) is 3. The summed E-state index contributed by atoms with van der Waals surface area (Å²) >= 11 is 1.30. The van der Waals surface area contributed by atoms with Gasteiger partial charge in [0, 0.05) is 18.2 Å². The van der Waals surface area contributed by atoms with Gasteiger partial charge in [0.1, 0.15) is 5.76 Å². The molecule has 2 amide bonds. The van der Waals surface area contributed by atoms with E-state index in [-0.39, 0.29) is 35.7 Å². The molecule has 1 aliphatic rings. The SMILES string of the molecule is CC1CCCCN1C(=O)CSc1nc2ccccc2c(=O)n1Cc1ccc(C(=O)NCc2ccco2)cc1. The number of piperidine rings is 1. The summed E-state index contributed by atoms with van der Waals surface area (Å²) in [5.41, 5.74) is 1.82. The minimum absolute atomic E-state index is 0.0704. The quantitative estimate of drug-likeness (QED) is 0.267. The number of fused-ring (bicyclic) bond motifs is 1. The lowest BCUT2D eigenvalue weighted by Gasteiger charge is -2.33. The Labute approximate surface area is 225 Å². The van der Waals surface area contributed by atoms with Gasteiger partial charge in [-0.3, -0.25) is 19.0 Å². The Bertz CT molecular complexity index is 1480. The number of hydrogen-bond donors (Lipinski definition) is 1. The highest BCUT2D eigenvalue weighted by atomic mass is 32.2. The van der Waals surface area contributed by atoms with Crippen LogP contribution in [-0.2, 0) is 17.9 Å². The van der Waals surface area contributed by atoms with E-state index in [4.69, 9.17) is 9.40 Å². The van der Waals surface area contributed by atoms with E-state index in [1.54, 1.807) is 41.2 Å². The first-order valence-electron chi connectivity index (χ1n) is 12.8. The first kappa shape index (κ1) is 25.8. The van der Waals surface area contributed by atoms with Crippen molar-refractivity contribution in [2.24, 2.45) is 0 Å². The van der Waals surface area contributed by atoms with Crippen LogP contribution in [0.1, 0.15) is 47.9 Å². The second-order valence-corrected chi connectivity index (χ2v) is 10.4. The van der Waals surface area contributed by atoms with Crippen LogP contribution in [0.2, 0.25) is 0 Å². The first-order valence-corrected chi connectivity index (χ1v) is 13.8. The lowest BCUT2D eigenvalue weighted by atomic mass is 10.0. The number of hydrogen-bond acceptors (Lipinski definition) is 6. The molecule has 1 aliphatic heterocycles. The predicted molar refractivity (Wildman–Crippen MR) is 147 cm³/mol. The van der Waals surface area contributed by atoms with Crippen molar-refractivity contribution < 1.29 is 14.0 Å². The number of carbonyl (C=O) groups excluding carboxylic acids is 2. The van der Waals surface area contributed by atoms with Crippen LogP contribution in [0.15, 0.2) is 81.3 Å². The molecule has 2 aromatic heterocycles. The minimum atomic E-state index is -0.209. The molecule has 1 saturated heterocycles. The molecule has 0 aliphatic carbocycles. The van der Waals surface area contributed by atoms with Crippen molar-refractivity contribution in [2.45, 2.75) is 50.5 Å². The summed E-state index contributed by atoms with van der Waals surface area (Å²) in [6.45, 7) is 3.45. The van der Waals surface area contributed by atoms with Crippen molar-refractivity contribution in [3.63, 3.8) is 0 Å². The van der Waals surface area contributed by atoms with Gasteiger partial charge in [0.15, 0.2) is 5.16 Å². The molecule has 0 saturated carbocycles. The van der Waals surface area contributed by atoms with Gasteiger partial charge in [0.05, 0.1) is 36.0 Å². The average Bonchev–Trinajstić information content (AvgIpc) is 3.47. The molecular weight excluding hydrogens is 500 g/mol. The number of thioether (sulfide) groups is 1. The molecule has 0 radical (unpaired) electrons. The largest absolute Gasteiger partial charge is 0.467 e. The van der Waals surface area contributed by atoms with E-state index >= 15 is 0 Å². The zero-order valence-electron chi connectivity index (χ0n) is 21.3. The van der Waals surface area contributed by atoms with Crippen LogP contribution in [0.3, 0.4) is 0 Å². The van der Waals surface area contributed by atoms with E-state index < -0.39 is 0 Å². The Balaban J connectivity index is 1.34. The van der Waals surface area contributed by atoms with Gasteiger partial charge in [-0.1, -0.05) is 36.0 Å². The number of furan rings is 1. The Morgan fingerprint density at radius 1 is 1.08 bits per heavy atom. The molecule has 38 heavy (non-hydrogen) atoms. The monoisotopic (exact) mass is 530 g/mol. The molecule has 4 aromatic rings. The Kier molecular flexibility index (Phi) is 7.93. The summed E-state index contributed by atoms with van der Waals surface area (Å²) < 4.78 is 6.87. The number of aromatic nitrogens is 2. The van der Waals surface area contributed by atoms with Crippen molar-refractivity contribution in [1.29, 1.82) is 0 Å². The second kappa shape index (κ2) is 11.7. The lowest BCUT2D eigenvalue weighted by molar-refractivity contribution is -0.131. The fraction of sp³-hybridized carbons (Fsp3) is 0.310. The highest BCUT2D eigenvalue weighted by molar-refractivity contribution is 7.99. The molecule has 8 nitrogen and oxygen atoms in total. The summed E-state index contributed by atoms with van der Waals surface area (Å²) in [5, 5.41) is 3.86. The van der Waals surface area contributed by atoms with Crippen molar-refractivity contribution in [3.05, 3.63) is 94.2 Å². The topological polar surface area (TPSA) is 97.4 Å². The molecule has 1 unspecified atom stereocenters. The van der Waals surface area contributed by atoms with E-state index in [1.165, 1.54) is 11.8 Å². The van der Waals surface area contributed by atoms with Gasteiger partial charge in [-0.15, -0.1) is 0 Å². The Morgan fingerprint density at radius 3 is 2.66 bits per heavy atom. The van der Waals surface area contributed by atoms with Crippen LogP contribution in [0.5, 0.6) is 0 Å². The van der Waals surface area contributed by atoms with Crippen molar-refractivity contribution in [1.82, 2.24) is 19.8 Å². The summed E-state index contributed by atoms with van der Waals surface area (Å²) in [6, 6.07) is 18.2. The standard InChI is InChI=1S/C29H30N4O4S/c1-20-7-4-5-15-32(20)26(34)19-38-29-31-25-10-3-2-9-24(25)28(36)33(29)18-21-11-13-22(14-12-21)27(35)30-17-23-8-6-16-37-23/h2-3,6,8-14,16,20H,4-5,7,15,17-19H2,1H3,(H,30,35). The van der Waals surface area contributed by atoms with Crippen LogP contribution >= 0.6 is 11.8 Å². The molecule has 2 aromatic carbocycles. The van der Waals surface area contributed by atoms with Gasteiger partial charge in [-0.2, -0.15) is 0 Å². The fourth-order valence-corrected chi connectivity index (χ4v) is 5.59. The van der Waals surface area contributed by atoms with E-state index in [2.05, 4.69) is 12.2 Å². The molecule has 1 N–H and O–H groups in total. The Morgan fingerprint density at radius 2 is 1.89 bits per heavy atom. The van der Waals surface area contributed by atoms with Gasteiger partial charge in [0.2, 0.25) is 5.91 Å². The number of amides is 2. The maximum atomic E-state index is 13.5. The highest BCUT2D eigenvalue weighted by Crippen LogP contribution is 2.22. The number of rotatable bonds is 8. The predicted octanol–water partition coefficient (Wildman–Crippen LogP) is 4.46. The van der Waals surface area contributed by atoms with Gasteiger partial charge >= 0.3 is 0 Å². The van der Waals surface area contributed by atoms with E-state index in [0.29, 0.717) is 33.9 Å². The van der Waals surface area contributed by atoms with Crippen LogP contribution < -0.4 is 10.9 Å². The third kappa shape index (κ3) is 5.83. The van der Waals surface area contributed by atoms with Crippen molar-refractivity contribution in [2.75, 3.05) is 12.3 Å². The second-order valence-electron chi connectivity index (χ2n) is 9.48. The van der Waals surface area contributed by atoms with Gasteiger partial charge in [-0.25, -0.2) is 4.98 Å². The molecule has 1 fully saturated rings. The smallest absolute Gasteiger partial charge is 0.262 e. The minimum Gasteiger partial charge on any atom is -0.467 e. The third-order valence-corrected chi connectivity index (χ3v) is 7.80. The number of likely N-dealkylation sites (tertiary alicyclic amines) is 1. The van der Waals surface area contributed by atoms with Crippen LogP contribution in [0, 0.1) is 0 Å². The summed E-state index contributed by atoms with van der Waals surface area (Å²) in [5.74, 6) is 0.765. The average molecular weight is 531 g/mol. The zero-order valence-corrected chi connectivity index (χ0v) is 22.1. The van der Waals surface area contributed by atoms with Crippen LogP contribution in [0.25, 0.3) is 10.9 Å². The number of nitrogens with one attached hydrogen (secondary N) is 1. The molecule has 1 atom stereocenters. The van der Waals surface area contributed by atoms with E-state index in [1.807, 2.05) is 35.2 Å². The molecule has 3 heterocycles. The van der Waals surface area contributed by atoms with Gasteiger partial charge in [0.25, 0.3) is 11.5 Å². The molecule has 196 valence electrons. The maximum absolute atomic E-state index is 13.5. The summed E-state index contributed by atoms with van der Waals surface area (Å²) in [6.07, 6.45) is 4.76. The fourth-order valence-electron chi connectivity index (χ4n) is 4.70. The van der Waals surface area contributed by atoms with Gasteiger partial charge in [-0.05, 0) is 68.1 Å². The third-order valence-electron chi connectivity index (χ3n) is 6.83. The van der Waals surface area contributed by atoms with Crippen molar-refractivity contribution in [3.8, 4) is 0 Å². The van der Waals surface area contributed by atoms with Crippen LogP contribution in [0.4, 0.5) is 0 Å². The highest BCUT2D eigenvalue weighted by Gasteiger charge is 2.24. The molecule has 9 heteroatoms. The number of carbonyl (C=O) groups is 2. The van der Waals surface area contributed by atoms with E-state index in [9.17, 15) is 14.4 Å². The zero-order chi connectivity index (χ0) is 26.5. The summed E-state index contributed by atoms with van der Waals surface area (Å²) in [7, 11) is 0. The molecular formula is C29H30N4O4S. The molecule has 5 rings (SSSR count). The lowest BCUT2D eigenvalue weighted by Crippen LogP contribution is -2.43. The first-order chi connectivity index (χ1) is 18.5. The van der Waals surface area contributed by atoms with Crippen LogP contribution in [-0.4, -0.2) is 44.6 Å². The van der Waals surface area contributed by atoms with Gasteiger partial charge < -0.3 is 14.6 Å². The Hall–Kier alpha value is -3.85. The number of benzene rings is 2. The maximum Gasteiger partial charge on any atom is 0.262 e. The van der Waals surface area contributed by atoms with Crippen molar-refractivity contribution >= 4 is 34.5 Å². The molecule has 0 bridgehead atoms. The number of para-hydroxylation sites is 1. The summed E-state index contributed by atoms with van der Waals surface area (Å²) in [4.78, 5) is 45.6.